The molecule has 0 bridgehead atoms. The Morgan fingerprint density at radius 3 is 2.52 bits per heavy atom. The molecule has 0 spiro atoms. The number of rotatable bonds is 10. The number of likely N-dealkylation sites (N-methyl/N-ethyl adjacent to an activating group) is 1. The van der Waals surface area contributed by atoms with E-state index in [9.17, 15) is 33.5 Å². The SMILES string of the molecule is CC(C(=O)NC(C(=O)N1Cc2ccccc2[C@H]1C(=O)Nc1cc(C(=O)NCCN)ccc1F)C1CCOCC1)N(C)C(=O)O. The zero-order valence-electron chi connectivity index (χ0n) is 24.5. The molecule has 13 nitrogen and oxygen atoms in total. The van der Waals surface area contributed by atoms with Gasteiger partial charge in [-0.1, -0.05) is 24.3 Å². The molecule has 0 aliphatic carbocycles. The summed E-state index contributed by atoms with van der Waals surface area (Å²) in [7, 11) is 1.26. The Kier molecular flexibility index (Phi) is 10.5. The van der Waals surface area contributed by atoms with Gasteiger partial charge >= 0.3 is 6.09 Å². The van der Waals surface area contributed by atoms with E-state index in [1.165, 1.54) is 31.0 Å². The topological polar surface area (TPSA) is 183 Å². The molecule has 44 heavy (non-hydrogen) atoms. The summed E-state index contributed by atoms with van der Waals surface area (Å²) in [5.74, 6) is -3.52. The molecule has 2 heterocycles. The van der Waals surface area contributed by atoms with Gasteiger partial charge in [0, 0.05) is 45.5 Å². The largest absolute Gasteiger partial charge is 0.465 e. The lowest BCUT2D eigenvalue weighted by atomic mass is 9.90. The van der Waals surface area contributed by atoms with E-state index in [0.29, 0.717) is 37.2 Å². The maximum atomic E-state index is 14.8. The van der Waals surface area contributed by atoms with Crippen LogP contribution in [0.5, 0.6) is 0 Å². The Balaban J connectivity index is 1.63. The maximum Gasteiger partial charge on any atom is 0.407 e. The molecule has 4 rings (SSSR count). The van der Waals surface area contributed by atoms with E-state index in [-0.39, 0.29) is 36.8 Å². The highest BCUT2D eigenvalue weighted by atomic mass is 19.1. The first-order chi connectivity index (χ1) is 21.0. The second kappa shape index (κ2) is 14.3. The van der Waals surface area contributed by atoms with E-state index < -0.39 is 53.7 Å². The Morgan fingerprint density at radius 2 is 1.84 bits per heavy atom. The van der Waals surface area contributed by atoms with Crippen molar-refractivity contribution in [3.8, 4) is 0 Å². The van der Waals surface area contributed by atoms with Crippen LogP contribution in [0.2, 0.25) is 0 Å². The van der Waals surface area contributed by atoms with Crippen LogP contribution >= 0.6 is 0 Å². The smallest absolute Gasteiger partial charge is 0.407 e. The van der Waals surface area contributed by atoms with Crippen molar-refractivity contribution in [2.75, 3.05) is 38.7 Å². The highest BCUT2D eigenvalue weighted by Crippen LogP contribution is 2.36. The van der Waals surface area contributed by atoms with E-state index in [1.807, 2.05) is 0 Å². The van der Waals surface area contributed by atoms with Crippen LogP contribution in [0.3, 0.4) is 0 Å². The first kappa shape index (κ1) is 32.4. The fraction of sp³-hybridized carbons (Fsp3) is 0.433. The van der Waals surface area contributed by atoms with Gasteiger partial charge < -0.3 is 36.4 Å². The third kappa shape index (κ3) is 7.14. The van der Waals surface area contributed by atoms with Gasteiger partial charge in [0.2, 0.25) is 11.8 Å². The van der Waals surface area contributed by atoms with Gasteiger partial charge in [-0.2, -0.15) is 0 Å². The van der Waals surface area contributed by atoms with Gasteiger partial charge in [0.1, 0.15) is 23.9 Å². The van der Waals surface area contributed by atoms with Gasteiger partial charge in [-0.3, -0.25) is 24.1 Å². The predicted molar refractivity (Wildman–Crippen MR) is 157 cm³/mol. The number of hydrogen-bond acceptors (Lipinski definition) is 7. The van der Waals surface area contributed by atoms with Crippen LogP contribution in [0.15, 0.2) is 42.5 Å². The third-order valence-electron chi connectivity index (χ3n) is 8.01. The van der Waals surface area contributed by atoms with Crippen LogP contribution < -0.4 is 21.7 Å². The highest BCUT2D eigenvalue weighted by Gasteiger charge is 2.44. The standard InChI is InChI=1S/C30H37FN6O7/c1-17(36(2)30(42)43)26(38)35-24(18-9-13-44-14-10-18)29(41)37-16-20-5-3-4-6-21(20)25(37)28(40)34-23-15-19(7-8-22(23)31)27(39)33-12-11-32/h3-8,15,17-18,24-25H,9-14,16,32H2,1-2H3,(H,33,39)(H,34,40)(H,35,38)(H,42,43)/t17?,24?,25-/m0/s1. The van der Waals surface area contributed by atoms with E-state index in [4.69, 9.17) is 10.5 Å². The molecular weight excluding hydrogens is 575 g/mol. The fourth-order valence-corrected chi connectivity index (χ4v) is 5.35. The molecule has 6 N–H and O–H groups in total. The van der Waals surface area contributed by atoms with Crippen LogP contribution in [-0.4, -0.2) is 90.1 Å². The molecule has 2 aromatic rings. The Morgan fingerprint density at radius 1 is 1.14 bits per heavy atom. The van der Waals surface area contributed by atoms with E-state index in [0.717, 1.165) is 11.0 Å². The molecule has 14 heteroatoms. The van der Waals surface area contributed by atoms with Crippen molar-refractivity contribution >= 4 is 35.4 Å². The molecule has 2 unspecified atom stereocenters. The molecule has 5 amide bonds. The molecule has 1 fully saturated rings. The summed E-state index contributed by atoms with van der Waals surface area (Å²) in [4.78, 5) is 67.3. The van der Waals surface area contributed by atoms with Crippen molar-refractivity contribution in [1.82, 2.24) is 20.4 Å². The van der Waals surface area contributed by atoms with Gasteiger partial charge in [-0.25, -0.2) is 9.18 Å². The number of nitrogens with one attached hydrogen (secondary N) is 3. The number of nitrogens with two attached hydrogens (primary N) is 1. The lowest BCUT2D eigenvalue weighted by molar-refractivity contribution is -0.144. The van der Waals surface area contributed by atoms with Crippen LogP contribution in [0, 0.1) is 11.7 Å². The molecule has 0 aromatic heterocycles. The first-order valence-electron chi connectivity index (χ1n) is 14.3. The van der Waals surface area contributed by atoms with Crippen LogP contribution in [-0.2, 0) is 25.7 Å². The lowest BCUT2D eigenvalue weighted by Gasteiger charge is -2.35. The molecule has 2 aliphatic heterocycles. The van der Waals surface area contributed by atoms with E-state index in [2.05, 4.69) is 16.0 Å². The van der Waals surface area contributed by atoms with Crippen molar-refractivity contribution in [2.24, 2.45) is 11.7 Å². The lowest BCUT2D eigenvalue weighted by Crippen LogP contribution is -2.57. The summed E-state index contributed by atoms with van der Waals surface area (Å²) in [6, 6.07) is 7.17. The number of carbonyl (C=O) groups is 5. The fourth-order valence-electron chi connectivity index (χ4n) is 5.35. The first-order valence-corrected chi connectivity index (χ1v) is 14.3. The van der Waals surface area contributed by atoms with Crippen LogP contribution in [0.25, 0.3) is 0 Å². The van der Waals surface area contributed by atoms with Crippen molar-refractivity contribution < 1.29 is 38.2 Å². The molecule has 236 valence electrons. The van der Waals surface area contributed by atoms with Gasteiger partial charge in [0.15, 0.2) is 0 Å². The number of fused-ring (bicyclic) bond motifs is 1. The molecule has 0 saturated carbocycles. The average Bonchev–Trinajstić information content (AvgIpc) is 3.42. The summed E-state index contributed by atoms with van der Waals surface area (Å²) < 4.78 is 20.3. The number of hydrogen-bond donors (Lipinski definition) is 5. The normalized spacial score (nSPS) is 17.6. The van der Waals surface area contributed by atoms with Gasteiger partial charge in [-0.05, 0) is 55.0 Å². The molecule has 2 aliphatic rings. The summed E-state index contributed by atoms with van der Waals surface area (Å²) in [6.07, 6.45) is -0.384. The second-order valence-corrected chi connectivity index (χ2v) is 10.8. The van der Waals surface area contributed by atoms with Crippen molar-refractivity contribution in [1.29, 1.82) is 0 Å². The minimum Gasteiger partial charge on any atom is -0.465 e. The second-order valence-electron chi connectivity index (χ2n) is 10.8. The van der Waals surface area contributed by atoms with Crippen molar-refractivity contribution in [3.05, 3.63) is 65.0 Å². The third-order valence-corrected chi connectivity index (χ3v) is 8.01. The number of halogens is 1. The quantitative estimate of drug-likeness (QED) is 0.267. The number of anilines is 1. The Bertz CT molecular complexity index is 1420. The summed E-state index contributed by atoms with van der Waals surface area (Å²) in [5.41, 5.74) is 6.54. The van der Waals surface area contributed by atoms with Gasteiger partial charge in [0.05, 0.1) is 5.69 Å². The molecule has 2 aromatic carbocycles. The monoisotopic (exact) mass is 612 g/mol. The zero-order valence-corrected chi connectivity index (χ0v) is 24.5. The Hall–Kier alpha value is -4.56. The molecule has 1 saturated heterocycles. The summed E-state index contributed by atoms with van der Waals surface area (Å²) in [5, 5.41) is 17.2. The average molecular weight is 613 g/mol. The summed E-state index contributed by atoms with van der Waals surface area (Å²) in [6.45, 7) is 2.63. The number of amides is 5. The van der Waals surface area contributed by atoms with Crippen LogP contribution in [0.4, 0.5) is 14.9 Å². The molecule has 0 radical (unpaired) electrons. The van der Waals surface area contributed by atoms with Gasteiger partial charge in [-0.15, -0.1) is 0 Å². The van der Waals surface area contributed by atoms with Crippen LogP contribution in [0.1, 0.15) is 47.3 Å². The number of nitrogens with zero attached hydrogens (tertiary/aromatic N) is 2. The van der Waals surface area contributed by atoms with Gasteiger partial charge in [0.25, 0.3) is 11.8 Å². The number of carboxylic acid groups (broad SMARTS) is 1. The molecule has 3 atom stereocenters. The maximum absolute atomic E-state index is 14.8. The molecular formula is C30H37FN6O7. The number of ether oxygens (including phenoxy) is 1. The van der Waals surface area contributed by atoms with E-state index in [1.54, 1.807) is 24.3 Å². The minimum atomic E-state index is -1.30. The number of carbonyl (C=O) groups excluding carboxylic acids is 4. The Labute approximate surface area is 253 Å². The van der Waals surface area contributed by atoms with Crippen molar-refractivity contribution in [2.45, 2.75) is 44.4 Å². The number of benzene rings is 2. The minimum absolute atomic E-state index is 0.0529. The zero-order chi connectivity index (χ0) is 32.0. The highest BCUT2D eigenvalue weighted by molar-refractivity contribution is 6.02. The predicted octanol–water partition coefficient (Wildman–Crippen LogP) is 1.45. The van der Waals surface area contributed by atoms with E-state index >= 15 is 0 Å². The summed E-state index contributed by atoms with van der Waals surface area (Å²) >= 11 is 0. The van der Waals surface area contributed by atoms with Crippen molar-refractivity contribution in [3.63, 3.8) is 0 Å².